The molecule has 1 aromatic heterocycles. The first-order valence-electron chi connectivity index (χ1n) is 9.18. The number of benzene rings is 1. The number of hydrogen-bond donors (Lipinski definition) is 2. The van der Waals surface area contributed by atoms with Crippen molar-refractivity contribution in [2.75, 3.05) is 26.8 Å². The van der Waals surface area contributed by atoms with E-state index in [4.69, 9.17) is 4.74 Å². The number of nitrogens with one attached hydrogen (secondary N) is 2. The quantitative estimate of drug-likeness (QED) is 0.409. The lowest BCUT2D eigenvalue weighted by molar-refractivity contribution is -0.130. The number of fused-ring (bicyclic) bond motifs is 1. The molecule has 2 N–H and O–H groups in total. The van der Waals surface area contributed by atoms with Gasteiger partial charge in [-0.15, -0.1) is 0 Å². The van der Waals surface area contributed by atoms with Crippen LogP contribution in [-0.4, -0.2) is 60.0 Å². The fourth-order valence-corrected chi connectivity index (χ4v) is 3.16. The van der Waals surface area contributed by atoms with Gasteiger partial charge in [-0.1, -0.05) is 18.2 Å². The van der Waals surface area contributed by atoms with Crippen molar-refractivity contribution in [2.24, 2.45) is 0 Å². The van der Waals surface area contributed by atoms with Gasteiger partial charge in [0, 0.05) is 42.9 Å². The van der Waals surface area contributed by atoms with E-state index in [1.165, 1.54) is 6.08 Å². The molecule has 2 aromatic rings. The number of methoxy groups -OCH3 is 1. The van der Waals surface area contributed by atoms with Crippen molar-refractivity contribution >= 4 is 40.7 Å². The highest BCUT2D eigenvalue weighted by molar-refractivity contribution is 6.31. The second kappa shape index (κ2) is 8.70. The van der Waals surface area contributed by atoms with Crippen molar-refractivity contribution in [2.45, 2.75) is 13.5 Å². The van der Waals surface area contributed by atoms with Crippen LogP contribution in [0.3, 0.4) is 0 Å². The predicted octanol–water partition coefficient (Wildman–Crippen LogP) is 0.886. The number of aromatic nitrogens is 1. The molecule has 0 aliphatic carbocycles. The van der Waals surface area contributed by atoms with E-state index in [0.717, 1.165) is 15.8 Å². The maximum atomic E-state index is 12.5. The minimum absolute atomic E-state index is 0.0765. The molecule has 9 heteroatoms. The Balaban J connectivity index is 1.95. The van der Waals surface area contributed by atoms with Crippen LogP contribution in [0.25, 0.3) is 17.0 Å². The van der Waals surface area contributed by atoms with E-state index in [2.05, 4.69) is 10.6 Å². The molecule has 2 heterocycles. The van der Waals surface area contributed by atoms with Crippen molar-refractivity contribution in [1.82, 2.24) is 20.1 Å². The van der Waals surface area contributed by atoms with E-state index in [1.807, 2.05) is 24.3 Å². The number of carbonyl (C=O) groups is 4. The molecule has 1 saturated heterocycles. The van der Waals surface area contributed by atoms with E-state index in [0.29, 0.717) is 18.7 Å². The largest absolute Gasteiger partial charge is 0.383 e. The van der Waals surface area contributed by atoms with Gasteiger partial charge in [0.25, 0.3) is 11.8 Å². The van der Waals surface area contributed by atoms with Crippen molar-refractivity contribution in [3.8, 4) is 0 Å². The first-order chi connectivity index (χ1) is 14.0. The molecule has 5 amide bonds. The summed E-state index contributed by atoms with van der Waals surface area (Å²) in [4.78, 5) is 49.7. The molecule has 0 bridgehead atoms. The van der Waals surface area contributed by atoms with Crippen molar-refractivity contribution in [1.29, 1.82) is 0 Å². The number of para-hydroxylation sites is 1. The SMILES string of the molecule is CCN1C(=O)NC(=O)/C(=C\c2cn(CC(=O)NCCOC)c3ccccc23)C1=O. The van der Waals surface area contributed by atoms with Gasteiger partial charge in [0.2, 0.25) is 5.91 Å². The molecular formula is C20H22N4O5. The van der Waals surface area contributed by atoms with E-state index >= 15 is 0 Å². The summed E-state index contributed by atoms with van der Waals surface area (Å²) in [5.74, 6) is -1.56. The fraction of sp³-hybridized carbons (Fsp3) is 0.300. The summed E-state index contributed by atoms with van der Waals surface area (Å²) in [7, 11) is 1.56. The lowest BCUT2D eigenvalue weighted by atomic mass is 10.1. The standard InChI is InChI=1S/C20H22N4O5/c1-3-24-19(27)15(18(26)22-20(24)28)10-13-11-23(12-17(25)21-8-9-29-2)16-7-5-4-6-14(13)16/h4-7,10-11H,3,8-9,12H2,1-2H3,(H,21,25)(H,22,26,28)/b15-10+. The van der Waals surface area contributed by atoms with Gasteiger partial charge in [-0.3, -0.25) is 24.6 Å². The summed E-state index contributed by atoms with van der Waals surface area (Å²) in [5.41, 5.74) is 1.27. The normalized spacial score (nSPS) is 15.9. The Hall–Kier alpha value is -3.46. The average molecular weight is 398 g/mol. The maximum Gasteiger partial charge on any atom is 0.331 e. The number of urea groups is 1. The number of nitrogens with zero attached hydrogens (tertiary/aromatic N) is 2. The minimum atomic E-state index is -0.737. The molecule has 0 radical (unpaired) electrons. The molecule has 9 nitrogen and oxygen atoms in total. The number of ether oxygens (including phenoxy) is 1. The summed E-state index contributed by atoms with van der Waals surface area (Å²) in [5, 5.41) is 5.71. The Morgan fingerprint density at radius 3 is 2.72 bits per heavy atom. The minimum Gasteiger partial charge on any atom is -0.383 e. The summed E-state index contributed by atoms with van der Waals surface area (Å²) in [6.45, 7) is 2.70. The average Bonchev–Trinajstić information content (AvgIpc) is 3.03. The van der Waals surface area contributed by atoms with Gasteiger partial charge in [-0.2, -0.15) is 0 Å². The Kier molecular flexibility index (Phi) is 6.08. The topological polar surface area (TPSA) is 110 Å². The van der Waals surface area contributed by atoms with Crippen LogP contribution in [-0.2, 0) is 25.7 Å². The first kappa shape index (κ1) is 20.3. The Morgan fingerprint density at radius 2 is 2.00 bits per heavy atom. The number of hydrogen-bond acceptors (Lipinski definition) is 5. The van der Waals surface area contributed by atoms with Crippen LogP contribution in [0.5, 0.6) is 0 Å². The number of likely N-dealkylation sites (N-methyl/N-ethyl adjacent to an activating group) is 1. The molecule has 1 aliphatic rings. The molecule has 0 atom stereocenters. The van der Waals surface area contributed by atoms with Crippen molar-refractivity contribution < 1.29 is 23.9 Å². The molecular weight excluding hydrogens is 376 g/mol. The third-order valence-electron chi connectivity index (χ3n) is 4.56. The molecule has 152 valence electrons. The lowest BCUT2D eigenvalue weighted by Crippen LogP contribution is -2.53. The van der Waals surface area contributed by atoms with Gasteiger partial charge in [-0.25, -0.2) is 4.79 Å². The maximum absolute atomic E-state index is 12.5. The molecule has 0 saturated carbocycles. The summed E-state index contributed by atoms with van der Waals surface area (Å²) < 4.78 is 6.67. The Morgan fingerprint density at radius 1 is 1.24 bits per heavy atom. The van der Waals surface area contributed by atoms with E-state index < -0.39 is 17.8 Å². The molecule has 1 fully saturated rings. The van der Waals surface area contributed by atoms with Crippen LogP contribution in [0.2, 0.25) is 0 Å². The van der Waals surface area contributed by atoms with E-state index in [1.54, 1.807) is 24.8 Å². The third kappa shape index (κ3) is 4.19. The number of amides is 5. The van der Waals surface area contributed by atoms with Gasteiger partial charge < -0.3 is 14.6 Å². The summed E-state index contributed by atoms with van der Waals surface area (Å²) in [6, 6.07) is 6.64. The van der Waals surface area contributed by atoms with Gasteiger partial charge in [0.15, 0.2) is 0 Å². The van der Waals surface area contributed by atoms with Gasteiger partial charge >= 0.3 is 6.03 Å². The zero-order chi connectivity index (χ0) is 21.0. The van der Waals surface area contributed by atoms with E-state index in [-0.39, 0.29) is 24.6 Å². The highest BCUT2D eigenvalue weighted by Gasteiger charge is 2.34. The van der Waals surface area contributed by atoms with Crippen molar-refractivity contribution in [3.05, 3.63) is 41.6 Å². The molecule has 0 unspecified atom stereocenters. The highest BCUT2D eigenvalue weighted by atomic mass is 16.5. The van der Waals surface area contributed by atoms with Crippen LogP contribution >= 0.6 is 0 Å². The van der Waals surface area contributed by atoms with Gasteiger partial charge in [-0.05, 0) is 19.1 Å². The monoisotopic (exact) mass is 398 g/mol. The molecule has 1 aliphatic heterocycles. The summed E-state index contributed by atoms with van der Waals surface area (Å²) >= 11 is 0. The smallest absolute Gasteiger partial charge is 0.331 e. The Bertz CT molecular complexity index is 1010. The van der Waals surface area contributed by atoms with E-state index in [9.17, 15) is 19.2 Å². The molecule has 3 rings (SSSR count). The molecule has 1 aromatic carbocycles. The van der Waals surface area contributed by atoms with Crippen LogP contribution in [0.15, 0.2) is 36.0 Å². The predicted molar refractivity (Wildman–Crippen MR) is 106 cm³/mol. The number of imide groups is 2. The Labute approximate surface area is 167 Å². The summed E-state index contributed by atoms with van der Waals surface area (Å²) in [6.07, 6.45) is 3.16. The molecule has 0 spiro atoms. The van der Waals surface area contributed by atoms with Gasteiger partial charge in [0.1, 0.15) is 12.1 Å². The molecule has 29 heavy (non-hydrogen) atoms. The second-order valence-electron chi connectivity index (χ2n) is 6.44. The number of barbiturate groups is 1. The highest BCUT2D eigenvalue weighted by Crippen LogP contribution is 2.25. The zero-order valence-corrected chi connectivity index (χ0v) is 16.2. The van der Waals surface area contributed by atoms with Crippen molar-refractivity contribution in [3.63, 3.8) is 0 Å². The van der Waals surface area contributed by atoms with Gasteiger partial charge in [0.05, 0.1) is 6.61 Å². The lowest BCUT2D eigenvalue weighted by Gasteiger charge is -2.24. The van der Waals surface area contributed by atoms with Crippen LogP contribution in [0.1, 0.15) is 12.5 Å². The third-order valence-corrected chi connectivity index (χ3v) is 4.56. The second-order valence-corrected chi connectivity index (χ2v) is 6.44. The number of rotatable bonds is 7. The van der Waals surface area contributed by atoms with Crippen LogP contribution in [0, 0.1) is 0 Å². The zero-order valence-electron chi connectivity index (χ0n) is 16.2. The first-order valence-corrected chi connectivity index (χ1v) is 9.18. The fourth-order valence-electron chi connectivity index (χ4n) is 3.16. The van der Waals surface area contributed by atoms with Crippen LogP contribution < -0.4 is 10.6 Å². The number of carbonyl (C=O) groups excluding carboxylic acids is 4. The van der Waals surface area contributed by atoms with Crippen LogP contribution in [0.4, 0.5) is 4.79 Å².